The first-order valence-electron chi connectivity index (χ1n) is 8.02. The number of amides is 1. The molecule has 2 N–H and O–H groups in total. The van der Waals surface area contributed by atoms with Gasteiger partial charge in [-0.15, -0.1) is 0 Å². The average Bonchev–Trinajstić information content (AvgIpc) is 3.14. The molecule has 0 saturated heterocycles. The van der Waals surface area contributed by atoms with Crippen molar-refractivity contribution in [3.63, 3.8) is 0 Å². The molecule has 2 saturated carbocycles. The summed E-state index contributed by atoms with van der Waals surface area (Å²) >= 11 is 0. The monoisotopic (exact) mass is 298 g/mol. The first-order chi connectivity index (χ1) is 9.61. The van der Waals surface area contributed by atoms with Gasteiger partial charge in [0.2, 0.25) is 0 Å². The van der Waals surface area contributed by atoms with Crippen LogP contribution in [0.25, 0.3) is 0 Å². The van der Waals surface area contributed by atoms with E-state index in [0.717, 1.165) is 25.8 Å². The zero-order chi connectivity index (χ0) is 15.8. The summed E-state index contributed by atoms with van der Waals surface area (Å²) in [6.07, 6.45) is 2.52. The maximum atomic E-state index is 12.2. The summed E-state index contributed by atoms with van der Waals surface area (Å²) < 4.78 is 5.48. The summed E-state index contributed by atoms with van der Waals surface area (Å²) in [5.41, 5.74) is -0.520. The van der Waals surface area contributed by atoms with Gasteiger partial charge in [0.25, 0.3) is 0 Å². The van der Waals surface area contributed by atoms with Crippen LogP contribution in [0.4, 0.5) is 4.79 Å². The van der Waals surface area contributed by atoms with Crippen LogP contribution in [-0.2, 0) is 4.74 Å². The van der Waals surface area contributed by atoms with E-state index in [4.69, 9.17) is 4.74 Å². The highest BCUT2D eigenvalue weighted by molar-refractivity contribution is 5.69. The van der Waals surface area contributed by atoms with Crippen molar-refractivity contribution in [2.24, 2.45) is 5.41 Å². The minimum Gasteiger partial charge on any atom is -0.444 e. The van der Waals surface area contributed by atoms with E-state index in [1.807, 2.05) is 25.7 Å². The lowest BCUT2D eigenvalue weighted by atomic mass is 9.64. The first-order valence-corrected chi connectivity index (χ1v) is 8.02. The average molecular weight is 298 g/mol. The van der Waals surface area contributed by atoms with Crippen LogP contribution in [0.2, 0.25) is 0 Å². The molecular formula is C16H30N2O3. The molecule has 2 rings (SSSR count). The number of aliphatic hydroxyl groups excluding tert-OH is 1. The van der Waals surface area contributed by atoms with Crippen molar-refractivity contribution in [3.05, 3.63) is 0 Å². The van der Waals surface area contributed by atoms with Crippen molar-refractivity contribution in [1.29, 1.82) is 0 Å². The Bertz CT molecular complexity index is 385. The molecule has 0 radical (unpaired) electrons. The van der Waals surface area contributed by atoms with Gasteiger partial charge in [-0.1, -0.05) is 13.8 Å². The van der Waals surface area contributed by atoms with Crippen LogP contribution in [0.5, 0.6) is 0 Å². The molecule has 2 atom stereocenters. The topological polar surface area (TPSA) is 61.8 Å². The van der Waals surface area contributed by atoms with Gasteiger partial charge in [-0.05, 0) is 40.0 Å². The summed E-state index contributed by atoms with van der Waals surface area (Å²) in [6.45, 7) is 11.3. The van der Waals surface area contributed by atoms with Gasteiger partial charge in [0, 0.05) is 30.6 Å². The highest BCUT2D eigenvalue weighted by Crippen LogP contribution is 2.40. The Morgan fingerprint density at radius 2 is 2.00 bits per heavy atom. The van der Waals surface area contributed by atoms with Gasteiger partial charge in [-0.25, -0.2) is 4.79 Å². The maximum absolute atomic E-state index is 12.2. The zero-order valence-corrected chi connectivity index (χ0v) is 14.0. The minimum atomic E-state index is -0.447. The van der Waals surface area contributed by atoms with Crippen molar-refractivity contribution in [2.45, 2.75) is 77.7 Å². The third-order valence-corrected chi connectivity index (χ3v) is 4.58. The predicted molar refractivity (Wildman–Crippen MR) is 82.2 cm³/mol. The number of nitrogens with one attached hydrogen (secondary N) is 1. The molecule has 0 aliphatic heterocycles. The molecule has 2 fully saturated rings. The fraction of sp³-hybridized carbons (Fsp3) is 0.938. The van der Waals surface area contributed by atoms with Gasteiger partial charge in [0.15, 0.2) is 0 Å². The second-order valence-electron chi connectivity index (χ2n) is 7.98. The highest BCUT2D eigenvalue weighted by Gasteiger charge is 2.47. The third-order valence-electron chi connectivity index (χ3n) is 4.58. The quantitative estimate of drug-likeness (QED) is 0.816. The minimum absolute atomic E-state index is 0.0731. The van der Waals surface area contributed by atoms with Crippen LogP contribution in [0.15, 0.2) is 0 Å². The molecule has 0 aromatic heterocycles. The van der Waals surface area contributed by atoms with Crippen molar-refractivity contribution in [2.75, 3.05) is 13.1 Å². The van der Waals surface area contributed by atoms with Gasteiger partial charge in [-0.3, -0.25) is 0 Å². The number of nitrogens with zero attached hydrogens (tertiary/aromatic N) is 1. The van der Waals surface area contributed by atoms with Gasteiger partial charge in [0.05, 0.1) is 6.10 Å². The molecule has 21 heavy (non-hydrogen) atoms. The van der Waals surface area contributed by atoms with Crippen molar-refractivity contribution in [1.82, 2.24) is 10.2 Å². The molecule has 0 spiro atoms. The number of ether oxygens (including phenoxy) is 1. The van der Waals surface area contributed by atoms with E-state index in [1.165, 1.54) is 0 Å². The van der Waals surface area contributed by atoms with Crippen LogP contribution < -0.4 is 5.32 Å². The summed E-state index contributed by atoms with van der Waals surface area (Å²) in [7, 11) is 0. The maximum Gasteiger partial charge on any atom is 0.410 e. The molecule has 122 valence electrons. The third kappa shape index (κ3) is 4.10. The van der Waals surface area contributed by atoms with E-state index in [2.05, 4.69) is 19.2 Å². The number of hydrogen-bond donors (Lipinski definition) is 2. The molecule has 2 unspecified atom stereocenters. The Morgan fingerprint density at radius 1 is 1.38 bits per heavy atom. The fourth-order valence-corrected chi connectivity index (χ4v) is 2.74. The standard InChI is InChI=1S/C16H30N2O3/c1-15(2,3)21-14(20)18(11-6-7-11)9-8-17-12-10-13(19)16(12,4)5/h11-13,17,19H,6-10H2,1-5H3. The van der Waals surface area contributed by atoms with E-state index in [1.54, 1.807) is 0 Å². The van der Waals surface area contributed by atoms with Gasteiger partial charge < -0.3 is 20.1 Å². The largest absolute Gasteiger partial charge is 0.444 e. The van der Waals surface area contributed by atoms with Gasteiger partial charge >= 0.3 is 6.09 Å². The number of carbonyl (C=O) groups excluding carboxylic acids is 1. The molecule has 0 aromatic rings. The second-order valence-corrected chi connectivity index (χ2v) is 7.98. The number of carbonyl (C=O) groups is 1. The normalized spacial score (nSPS) is 27.9. The fourth-order valence-electron chi connectivity index (χ4n) is 2.74. The molecule has 2 aliphatic carbocycles. The molecule has 0 heterocycles. The zero-order valence-electron chi connectivity index (χ0n) is 14.0. The smallest absolute Gasteiger partial charge is 0.410 e. The molecule has 5 heteroatoms. The van der Waals surface area contributed by atoms with Crippen LogP contribution in [0.3, 0.4) is 0 Å². The van der Waals surface area contributed by atoms with E-state index < -0.39 is 5.60 Å². The first kappa shape index (κ1) is 16.6. The van der Waals surface area contributed by atoms with Crippen LogP contribution in [0.1, 0.15) is 53.9 Å². The Balaban J connectivity index is 1.78. The van der Waals surface area contributed by atoms with E-state index in [-0.39, 0.29) is 17.6 Å². The lowest BCUT2D eigenvalue weighted by Gasteiger charge is -2.49. The Labute approximate surface area is 128 Å². The Hall–Kier alpha value is -0.810. The van der Waals surface area contributed by atoms with E-state index >= 15 is 0 Å². The van der Waals surface area contributed by atoms with E-state index in [9.17, 15) is 9.90 Å². The number of rotatable bonds is 5. The summed E-state index contributed by atoms with van der Waals surface area (Å²) in [5.74, 6) is 0. The van der Waals surface area contributed by atoms with E-state index in [0.29, 0.717) is 18.6 Å². The lowest BCUT2D eigenvalue weighted by molar-refractivity contribution is -0.0727. The predicted octanol–water partition coefficient (Wildman–Crippen LogP) is 2.13. The van der Waals surface area contributed by atoms with Crippen molar-refractivity contribution >= 4 is 6.09 Å². The SMILES string of the molecule is CC(C)(C)OC(=O)N(CCNC1CC(O)C1(C)C)C1CC1. The van der Waals surface area contributed by atoms with Crippen molar-refractivity contribution in [3.8, 4) is 0 Å². The Morgan fingerprint density at radius 3 is 2.43 bits per heavy atom. The summed E-state index contributed by atoms with van der Waals surface area (Å²) in [5, 5.41) is 13.2. The van der Waals surface area contributed by atoms with Gasteiger partial charge in [0.1, 0.15) is 5.60 Å². The summed E-state index contributed by atoms with van der Waals surface area (Å²) in [6, 6.07) is 0.675. The van der Waals surface area contributed by atoms with Gasteiger partial charge in [-0.2, -0.15) is 0 Å². The molecule has 1 amide bonds. The molecule has 0 bridgehead atoms. The van der Waals surface area contributed by atoms with Crippen LogP contribution >= 0.6 is 0 Å². The molecular weight excluding hydrogens is 268 g/mol. The molecule has 2 aliphatic rings. The highest BCUT2D eigenvalue weighted by atomic mass is 16.6. The molecule has 0 aromatic carbocycles. The van der Waals surface area contributed by atoms with Crippen LogP contribution in [-0.4, -0.2) is 53.0 Å². The molecule has 5 nitrogen and oxygen atoms in total. The van der Waals surface area contributed by atoms with Crippen LogP contribution in [0, 0.1) is 5.41 Å². The Kier molecular flexibility index (Phi) is 4.54. The lowest BCUT2D eigenvalue weighted by Crippen LogP contribution is -2.60. The number of aliphatic hydroxyl groups is 1. The second kappa shape index (κ2) is 5.76. The van der Waals surface area contributed by atoms with Crippen molar-refractivity contribution < 1.29 is 14.6 Å². The summed E-state index contributed by atoms with van der Waals surface area (Å²) in [4.78, 5) is 14.1. The number of hydrogen-bond acceptors (Lipinski definition) is 4.